The number of alkyl halides is 3. The summed E-state index contributed by atoms with van der Waals surface area (Å²) in [7, 11) is -1.25. The molecule has 4 heterocycles. The van der Waals surface area contributed by atoms with Gasteiger partial charge in [-0.1, -0.05) is 40.0 Å². The first-order valence-electron chi connectivity index (χ1n) is 10.5. The second-order valence-electron chi connectivity index (χ2n) is 8.87. The molecule has 192 valence electrons. The van der Waals surface area contributed by atoms with Crippen molar-refractivity contribution in [1.29, 1.82) is 0 Å². The minimum Gasteiger partial charge on any atom is -0.374 e. The molecule has 7 nitrogen and oxygen atoms in total. The van der Waals surface area contributed by atoms with E-state index in [1.165, 1.54) is 12.5 Å². The minimum absolute atomic E-state index is 0.0432. The second kappa shape index (κ2) is 8.83. The fraction of sp³-hybridized carbons (Fsp3) is 0.409. The molecule has 1 amide bonds. The van der Waals surface area contributed by atoms with Crippen molar-refractivity contribution in [2.24, 2.45) is 5.16 Å². The summed E-state index contributed by atoms with van der Waals surface area (Å²) < 4.78 is 60.2. The zero-order valence-corrected chi connectivity index (χ0v) is 21.6. The highest BCUT2D eigenvalue weighted by atomic mass is 35.5. The molecule has 0 saturated carbocycles. The summed E-state index contributed by atoms with van der Waals surface area (Å²) in [5.74, 6) is -0.307. The molecule has 2 aromatic rings. The molecule has 0 radical (unpaired) electrons. The number of hydrogen-bond acceptors (Lipinski definition) is 6. The van der Waals surface area contributed by atoms with Gasteiger partial charge in [-0.15, -0.1) is 0 Å². The van der Waals surface area contributed by atoms with Crippen LogP contribution in [0.5, 0.6) is 0 Å². The molecule has 1 spiro atoms. The molecule has 14 heteroatoms. The Morgan fingerprint density at radius 2 is 1.86 bits per heavy atom. The number of halogens is 6. The molecular formula is C22H17Cl3F3N3O4S. The first kappa shape index (κ1) is 25.7. The van der Waals surface area contributed by atoms with E-state index in [0.29, 0.717) is 16.8 Å². The third kappa shape index (κ3) is 4.09. The summed E-state index contributed by atoms with van der Waals surface area (Å²) >= 11 is 17.9. The van der Waals surface area contributed by atoms with Crippen molar-refractivity contribution in [3.05, 3.63) is 61.8 Å². The summed E-state index contributed by atoms with van der Waals surface area (Å²) in [6.07, 6.45) is -2.61. The zero-order chi connectivity index (χ0) is 26.0. The lowest BCUT2D eigenvalue weighted by Crippen LogP contribution is -2.62. The Kier molecular flexibility index (Phi) is 6.31. The highest BCUT2D eigenvalue weighted by Gasteiger charge is 2.62. The maximum absolute atomic E-state index is 14.3. The first-order chi connectivity index (χ1) is 16.8. The second-order valence-corrected chi connectivity index (χ2v) is 11.5. The van der Waals surface area contributed by atoms with Gasteiger partial charge in [0.1, 0.15) is 11.4 Å². The number of oxime groups is 1. The van der Waals surface area contributed by atoms with Gasteiger partial charge >= 0.3 is 6.18 Å². The molecule has 1 saturated heterocycles. The van der Waals surface area contributed by atoms with Crippen LogP contribution in [0, 0.1) is 0 Å². The number of pyridine rings is 1. The van der Waals surface area contributed by atoms with Crippen molar-refractivity contribution < 1.29 is 31.7 Å². The number of ether oxygens (including phenoxy) is 1. The third-order valence-electron chi connectivity index (χ3n) is 6.44. The fourth-order valence-corrected chi connectivity index (χ4v) is 5.70. The van der Waals surface area contributed by atoms with E-state index in [0.717, 1.165) is 12.1 Å². The smallest absolute Gasteiger partial charge is 0.374 e. The zero-order valence-electron chi connectivity index (χ0n) is 18.5. The SMILES string of the molecule is CS(=O)CC(=O)N1CC2(C1)OCc1cc(C3=NOC(c4cc(Cl)c(Cl)c(Cl)c4)(C(F)(F)F)C3)cnc12. The van der Waals surface area contributed by atoms with Gasteiger partial charge in [0, 0.05) is 39.9 Å². The van der Waals surface area contributed by atoms with Crippen LogP contribution in [0.2, 0.25) is 15.1 Å². The van der Waals surface area contributed by atoms with Gasteiger partial charge in [0.2, 0.25) is 5.91 Å². The standard InChI is InChI=1S/C22H17Cl3F3N3O4S/c1-36(33)8-17(32)31-9-20(10-31)19-12(7-34-20)2-11(6-29-19)16-5-21(35-30-16,22(26,27)28)13-3-14(23)18(25)15(24)4-13/h2-4,6H,5,7-10H2,1H3. The van der Waals surface area contributed by atoms with E-state index in [1.807, 2.05) is 0 Å². The summed E-state index contributed by atoms with van der Waals surface area (Å²) in [6, 6.07) is 3.80. The topological polar surface area (TPSA) is 81.1 Å². The van der Waals surface area contributed by atoms with E-state index in [-0.39, 0.29) is 57.7 Å². The number of nitrogens with zero attached hydrogens (tertiary/aromatic N) is 3. The van der Waals surface area contributed by atoms with Gasteiger partial charge in [0.25, 0.3) is 5.60 Å². The van der Waals surface area contributed by atoms with Crippen LogP contribution in [0.1, 0.15) is 28.8 Å². The van der Waals surface area contributed by atoms with Crippen molar-refractivity contribution in [2.75, 3.05) is 25.1 Å². The predicted octanol–water partition coefficient (Wildman–Crippen LogP) is 4.57. The Morgan fingerprint density at radius 1 is 1.19 bits per heavy atom. The van der Waals surface area contributed by atoms with Crippen LogP contribution < -0.4 is 0 Å². The fourth-order valence-electron chi connectivity index (χ4n) is 4.57. The van der Waals surface area contributed by atoms with Gasteiger partial charge < -0.3 is 14.5 Å². The summed E-state index contributed by atoms with van der Waals surface area (Å²) in [6.45, 7) is 0.711. The normalized spacial score (nSPS) is 23.2. The monoisotopic (exact) mass is 581 g/mol. The third-order valence-corrected chi connectivity index (χ3v) is 8.29. The number of carbonyl (C=O) groups excluding carboxylic acids is 1. The van der Waals surface area contributed by atoms with Crippen LogP contribution >= 0.6 is 34.8 Å². The molecule has 1 aromatic heterocycles. The highest BCUT2D eigenvalue weighted by molar-refractivity contribution is 7.85. The molecule has 2 atom stereocenters. The Labute approximate surface area is 220 Å². The number of hydrogen-bond donors (Lipinski definition) is 0. The Bertz CT molecular complexity index is 1310. The molecule has 0 aliphatic carbocycles. The van der Waals surface area contributed by atoms with Gasteiger partial charge in [-0.25, -0.2) is 0 Å². The molecule has 0 N–H and O–H groups in total. The van der Waals surface area contributed by atoms with E-state index in [1.54, 1.807) is 11.0 Å². The maximum atomic E-state index is 14.3. The van der Waals surface area contributed by atoms with E-state index in [4.69, 9.17) is 44.4 Å². The molecular weight excluding hydrogens is 566 g/mol. The van der Waals surface area contributed by atoms with Gasteiger partial charge in [0.05, 0.1) is 52.6 Å². The van der Waals surface area contributed by atoms with Crippen LogP contribution in [-0.2, 0) is 43.0 Å². The lowest BCUT2D eigenvalue weighted by Gasteiger charge is -2.46. The van der Waals surface area contributed by atoms with Crippen molar-refractivity contribution in [3.63, 3.8) is 0 Å². The van der Waals surface area contributed by atoms with Crippen molar-refractivity contribution in [1.82, 2.24) is 9.88 Å². The van der Waals surface area contributed by atoms with Gasteiger partial charge in [0.15, 0.2) is 0 Å². The van der Waals surface area contributed by atoms with Gasteiger partial charge in [-0.3, -0.25) is 14.0 Å². The Balaban J connectivity index is 1.39. The van der Waals surface area contributed by atoms with E-state index < -0.39 is 34.6 Å². The van der Waals surface area contributed by atoms with Crippen LogP contribution in [0.25, 0.3) is 0 Å². The van der Waals surface area contributed by atoms with Crippen LogP contribution in [0.4, 0.5) is 13.2 Å². The summed E-state index contributed by atoms with van der Waals surface area (Å²) in [4.78, 5) is 23.2. The minimum atomic E-state index is -4.85. The highest BCUT2D eigenvalue weighted by Crippen LogP contribution is 2.51. The number of amides is 1. The molecule has 36 heavy (non-hydrogen) atoms. The van der Waals surface area contributed by atoms with E-state index in [2.05, 4.69) is 10.1 Å². The molecule has 5 rings (SSSR count). The number of carbonyl (C=O) groups is 1. The number of aromatic nitrogens is 1. The van der Waals surface area contributed by atoms with Crippen LogP contribution in [0.3, 0.4) is 0 Å². The van der Waals surface area contributed by atoms with E-state index in [9.17, 15) is 22.2 Å². The summed E-state index contributed by atoms with van der Waals surface area (Å²) in [5, 5.41) is 3.42. The largest absolute Gasteiger partial charge is 0.435 e. The molecule has 2 unspecified atom stereocenters. The molecule has 1 fully saturated rings. The lowest BCUT2D eigenvalue weighted by atomic mass is 9.85. The lowest BCUT2D eigenvalue weighted by molar-refractivity contribution is -0.275. The number of rotatable bonds is 4. The molecule has 1 aromatic carbocycles. The summed E-state index contributed by atoms with van der Waals surface area (Å²) in [5.41, 5.74) is -2.21. The average molecular weight is 583 g/mol. The van der Waals surface area contributed by atoms with Crippen molar-refractivity contribution in [2.45, 2.75) is 30.4 Å². The van der Waals surface area contributed by atoms with Gasteiger partial charge in [-0.2, -0.15) is 13.2 Å². The number of likely N-dealkylation sites (tertiary alicyclic amines) is 1. The van der Waals surface area contributed by atoms with Crippen molar-refractivity contribution >= 4 is 57.2 Å². The number of fused-ring (bicyclic) bond motifs is 2. The predicted molar refractivity (Wildman–Crippen MR) is 128 cm³/mol. The van der Waals surface area contributed by atoms with Crippen molar-refractivity contribution in [3.8, 4) is 0 Å². The van der Waals surface area contributed by atoms with Crippen LogP contribution in [-0.4, -0.2) is 57.0 Å². The number of benzene rings is 1. The quantitative estimate of drug-likeness (QED) is 0.494. The van der Waals surface area contributed by atoms with E-state index >= 15 is 0 Å². The van der Waals surface area contributed by atoms with Gasteiger partial charge in [-0.05, 0) is 18.2 Å². The average Bonchev–Trinajstić information content (AvgIpc) is 3.38. The first-order valence-corrected chi connectivity index (χ1v) is 13.4. The molecule has 3 aliphatic rings. The molecule has 0 bridgehead atoms. The van der Waals surface area contributed by atoms with Crippen LogP contribution in [0.15, 0.2) is 29.6 Å². The Morgan fingerprint density at radius 3 is 2.47 bits per heavy atom. The Hall–Kier alpha value is -1.92. The molecule has 3 aliphatic heterocycles. The maximum Gasteiger partial charge on any atom is 0.435 e.